The summed E-state index contributed by atoms with van der Waals surface area (Å²) in [4.78, 5) is 25.9. The fourth-order valence-electron chi connectivity index (χ4n) is 2.43. The quantitative estimate of drug-likeness (QED) is 0.673. The lowest BCUT2D eigenvalue weighted by Crippen LogP contribution is -2.33. The van der Waals surface area contributed by atoms with E-state index in [0.29, 0.717) is 23.8 Å². The molecule has 0 radical (unpaired) electrons. The van der Waals surface area contributed by atoms with Crippen molar-refractivity contribution >= 4 is 23.6 Å². The fourth-order valence-corrected chi connectivity index (χ4v) is 2.43. The maximum absolute atomic E-state index is 12.3. The van der Waals surface area contributed by atoms with Crippen molar-refractivity contribution in [1.82, 2.24) is 4.90 Å². The van der Waals surface area contributed by atoms with Gasteiger partial charge in [0.05, 0.1) is 25.9 Å². The van der Waals surface area contributed by atoms with Crippen molar-refractivity contribution in [3.05, 3.63) is 60.2 Å². The first kappa shape index (κ1) is 21.0. The highest BCUT2D eigenvalue weighted by Gasteiger charge is 2.12. The molecule has 0 unspecified atom stereocenters. The molecule has 0 spiro atoms. The Morgan fingerprint density at radius 3 is 2.68 bits per heavy atom. The van der Waals surface area contributed by atoms with E-state index < -0.39 is 0 Å². The Hall–Kier alpha value is -3.28. The third-order valence-electron chi connectivity index (χ3n) is 3.89. The van der Waals surface area contributed by atoms with Gasteiger partial charge in [-0.1, -0.05) is 31.2 Å². The minimum atomic E-state index is -0.293. The second-order valence-corrected chi connectivity index (χ2v) is 6.20. The molecule has 0 bridgehead atoms. The van der Waals surface area contributed by atoms with Gasteiger partial charge in [-0.2, -0.15) is 0 Å². The van der Waals surface area contributed by atoms with Gasteiger partial charge >= 0.3 is 0 Å². The number of amides is 2. The molecular formula is C22H26N2O4. The van der Waals surface area contributed by atoms with E-state index in [1.165, 1.54) is 11.0 Å². The maximum Gasteiger partial charge on any atom is 0.246 e. The molecule has 2 amide bonds. The molecule has 0 heterocycles. The number of nitrogens with one attached hydrogen (secondary N) is 1. The number of methoxy groups -OCH3 is 1. The molecule has 0 atom stereocenters. The molecule has 2 rings (SSSR count). The van der Waals surface area contributed by atoms with Crippen molar-refractivity contribution in [2.24, 2.45) is 0 Å². The lowest BCUT2D eigenvalue weighted by atomic mass is 10.2. The van der Waals surface area contributed by atoms with Crippen molar-refractivity contribution in [2.45, 2.75) is 13.3 Å². The predicted octanol–water partition coefficient (Wildman–Crippen LogP) is 3.59. The zero-order valence-electron chi connectivity index (χ0n) is 16.5. The van der Waals surface area contributed by atoms with E-state index in [0.717, 1.165) is 12.0 Å². The number of hydrogen-bond donors (Lipinski definition) is 1. The Bertz CT molecular complexity index is 833. The predicted molar refractivity (Wildman–Crippen MR) is 111 cm³/mol. The van der Waals surface area contributed by atoms with Crippen molar-refractivity contribution in [1.29, 1.82) is 0 Å². The Morgan fingerprint density at radius 1 is 1.14 bits per heavy atom. The highest BCUT2D eigenvalue weighted by Crippen LogP contribution is 2.23. The molecule has 0 aliphatic rings. The number of carbonyl (C=O) groups excluding carboxylic acids is 2. The fraction of sp³-hybridized carbons (Fsp3) is 0.273. The summed E-state index contributed by atoms with van der Waals surface area (Å²) in [7, 11) is 3.17. The first-order chi connectivity index (χ1) is 13.5. The minimum absolute atomic E-state index is 0.0661. The van der Waals surface area contributed by atoms with E-state index in [1.807, 2.05) is 43.3 Å². The number of hydrogen-bond acceptors (Lipinski definition) is 4. The molecule has 2 aromatic rings. The third kappa shape index (κ3) is 6.46. The summed E-state index contributed by atoms with van der Waals surface area (Å²) in [6.45, 7) is 2.52. The van der Waals surface area contributed by atoms with Crippen LogP contribution in [0.3, 0.4) is 0 Å². The van der Waals surface area contributed by atoms with Crippen LogP contribution in [0, 0.1) is 0 Å². The molecule has 6 heteroatoms. The number of rotatable bonds is 9. The summed E-state index contributed by atoms with van der Waals surface area (Å²) < 4.78 is 10.8. The normalized spacial score (nSPS) is 10.5. The van der Waals surface area contributed by atoms with Crippen LogP contribution in [0.25, 0.3) is 6.08 Å². The van der Waals surface area contributed by atoms with Gasteiger partial charge < -0.3 is 19.7 Å². The molecule has 0 aromatic heterocycles. The number of anilines is 1. The van der Waals surface area contributed by atoms with Crippen molar-refractivity contribution in [2.75, 3.05) is 32.6 Å². The van der Waals surface area contributed by atoms with Gasteiger partial charge in [0.1, 0.15) is 11.5 Å². The summed E-state index contributed by atoms with van der Waals surface area (Å²) in [5.74, 6) is 0.766. The van der Waals surface area contributed by atoms with Gasteiger partial charge in [-0.25, -0.2) is 0 Å². The third-order valence-corrected chi connectivity index (χ3v) is 3.89. The molecule has 6 nitrogen and oxygen atoms in total. The van der Waals surface area contributed by atoms with E-state index >= 15 is 0 Å². The number of para-hydroxylation sites is 2. The van der Waals surface area contributed by atoms with E-state index in [1.54, 1.807) is 32.4 Å². The smallest absolute Gasteiger partial charge is 0.246 e. The maximum atomic E-state index is 12.3. The molecule has 28 heavy (non-hydrogen) atoms. The molecule has 0 aliphatic carbocycles. The van der Waals surface area contributed by atoms with Crippen LogP contribution in [-0.2, 0) is 9.59 Å². The first-order valence-corrected chi connectivity index (χ1v) is 9.12. The van der Waals surface area contributed by atoms with Gasteiger partial charge in [0, 0.05) is 13.1 Å². The summed E-state index contributed by atoms with van der Waals surface area (Å²) in [5.41, 5.74) is 1.43. The van der Waals surface area contributed by atoms with Gasteiger partial charge in [-0.15, -0.1) is 0 Å². The van der Waals surface area contributed by atoms with Crippen LogP contribution in [0.15, 0.2) is 54.6 Å². The number of likely N-dealkylation sites (N-methyl/N-ethyl adjacent to an activating group) is 1. The zero-order chi connectivity index (χ0) is 20.4. The Labute approximate surface area is 165 Å². The van der Waals surface area contributed by atoms with Gasteiger partial charge in [0.15, 0.2) is 0 Å². The standard InChI is InChI=1S/C22H26N2O4/c1-4-14-28-20-11-6-5-10-19(20)23-21(25)16-24(2)22(26)13-12-17-8-7-9-18(15-17)27-3/h5-13,15H,4,14,16H2,1-3H3,(H,23,25)/b13-12+. The molecule has 0 aliphatic heterocycles. The van der Waals surface area contributed by atoms with Gasteiger partial charge in [-0.05, 0) is 42.3 Å². The van der Waals surface area contributed by atoms with Crippen LogP contribution in [0.5, 0.6) is 11.5 Å². The molecule has 148 valence electrons. The number of benzene rings is 2. The number of ether oxygens (including phenoxy) is 2. The van der Waals surface area contributed by atoms with E-state index in [4.69, 9.17) is 9.47 Å². The lowest BCUT2D eigenvalue weighted by molar-refractivity contribution is -0.129. The van der Waals surface area contributed by atoms with Crippen LogP contribution in [-0.4, -0.2) is 44.0 Å². The average molecular weight is 382 g/mol. The van der Waals surface area contributed by atoms with Crippen LogP contribution >= 0.6 is 0 Å². The molecular weight excluding hydrogens is 356 g/mol. The Morgan fingerprint density at radius 2 is 1.93 bits per heavy atom. The first-order valence-electron chi connectivity index (χ1n) is 9.12. The molecule has 1 N–H and O–H groups in total. The topological polar surface area (TPSA) is 67.9 Å². The summed E-state index contributed by atoms with van der Waals surface area (Å²) in [5, 5.41) is 2.80. The second kappa shape index (κ2) is 10.8. The van der Waals surface area contributed by atoms with E-state index in [2.05, 4.69) is 5.32 Å². The molecule has 0 fully saturated rings. The average Bonchev–Trinajstić information content (AvgIpc) is 2.71. The van der Waals surface area contributed by atoms with Crippen LogP contribution in [0.2, 0.25) is 0 Å². The monoisotopic (exact) mass is 382 g/mol. The van der Waals surface area contributed by atoms with E-state index in [9.17, 15) is 9.59 Å². The van der Waals surface area contributed by atoms with Crippen molar-refractivity contribution in [3.8, 4) is 11.5 Å². The van der Waals surface area contributed by atoms with Gasteiger partial charge in [0.25, 0.3) is 0 Å². The van der Waals surface area contributed by atoms with Gasteiger partial charge in [-0.3, -0.25) is 9.59 Å². The lowest BCUT2D eigenvalue weighted by Gasteiger charge is -2.16. The Kier molecular flexibility index (Phi) is 8.09. The molecule has 0 saturated carbocycles. The number of nitrogens with zero attached hydrogens (tertiary/aromatic N) is 1. The zero-order valence-corrected chi connectivity index (χ0v) is 16.5. The molecule has 0 saturated heterocycles. The second-order valence-electron chi connectivity index (χ2n) is 6.20. The summed E-state index contributed by atoms with van der Waals surface area (Å²) in [6.07, 6.45) is 3.99. The van der Waals surface area contributed by atoms with E-state index in [-0.39, 0.29) is 18.4 Å². The van der Waals surface area contributed by atoms with Crippen LogP contribution < -0.4 is 14.8 Å². The SMILES string of the molecule is CCCOc1ccccc1NC(=O)CN(C)C(=O)/C=C/c1cccc(OC)c1. The van der Waals surface area contributed by atoms with Crippen molar-refractivity contribution in [3.63, 3.8) is 0 Å². The minimum Gasteiger partial charge on any atom is -0.497 e. The summed E-state index contributed by atoms with van der Waals surface area (Å²) >= 11 is 0. The number of carbonyl (C=O) groups is 2. The molecule has 2 aromatic carbocycles. The Balaban J connectivity index is 1.93. The summed E-state index contributed by atoms with van der Waals surface area (Å²) in [6, 6.07) is 14.6. The van der Waals surface area contributed by atoms with Crippen LogP contribution in [0.1, 0.15) is 18.9 Å². The highest BCUT2D eigenvalue weighted by molar-refractivity contribution is 5.98. The largest absolute Gasteiger partial charge is 0.497 e. The van der Waals surface area contributed by atoms with Gasteiger partial charge in [0.2, 0.25) is 11.8 Å². The highest BCUT2D eigenvalue weighted by atomic mass is 16.5. The van der Waals surface area contributed by atoms with Crippen molar-refractivity contribution < 1.29 is 19.1 Å². The van der Waals surface area contributed by atoms with Crippen LogP contribution in [0.4, 0.5) is 5.69 Å².